The van der Waals surface area contributed by atoms with Gasteiger partial charge in [-0.1, -0.05) is 18.2 Å². The maximum Gasteiger partial charge on any atom is 0.264 e. The van der Waals surface area contributed by atoms with Crippen LogP contribution in [0.5, 0.6) is 11.5 Å². The maximum absolute atomic E-state index is 12.2. The first-order valence-corrected chi connectivity index (χ1v) is 9.12. The van der Waals surface area contributed by atoms with E-state index in [0.717, 1.165) is 17.0 Å². The molecule has 7 heteroatoms. The Hall–Kier alpha value is -3.24. The smallest absolute Gasteiger partial charge is 0.264 e. The molecule has 1 N–H and O–H groups in total. The van der Waals surface area contributed by atoms with Crippen LogP contribution in [0.4, 0.5) is 5.69 Å². The normalized spacial score (nSPS) is 16.2. The van der Waals surface area contributed by atoms with Crippen molar-refractivity contribution in [3.05, 3.63) is 59.0 Å². The van der Waals surface area contributed by atoms with Crippen molar-refractivity contribution in [2.24, 2.45) is 4.99 Å². The van der Waals surface area contributed by atoms with Crippen molar-refractivity contribution in [3.63, 3.8) is 0 Å². The number of carbonyl (C=O) groups excluding carboxylic acids is 1. The van der Waals surface area contributed by atoms with E-state index in [1.165, 1.54) is 11.8 Å². The molecule has 0 unspecified atom stereocenters. The number of carbonyl (C=O) groups is 1. The predicted octanol–water partition coefficient (Wildman–Crippen LogP) is 3.88. The summed E-state index contributed by atoms with van der Waals surface area (Å²) < 4.78 is 10.8. The molecule has 0 aliphatic carbocycles. The zero-order chi connectivity index (χ0) is 19.1. The van der Waals surface area contributed by atoms with E-state index in [1.54, 1.807) is 12.1 Å². The quantitative estimate of drug-likeness (QED) is 0.770. The van der Waals surface area contributed by atoms with Crippen LogP contribution < -0.4 is 14.8 Å². The van der Waals surface area contributed by atoms with E-state index in [-0.39, 0.29) is 12.5 Å². The molecule has 1 fully saturated rings. The second kappa shape index (κ2) is 8.92. The van der Waals surface area contributed by atoms with Crippen LogP contribution in [0.15, 0.2) is 58.4 Å². The van der Waals surface area contributed by atoms with Gasteiger partial charge in [0.25, 0.3) is 5.91 Å². The highest BCUT2D eigenvalue weighted by molar-refractivity contribution is 8.18. The first-order valence-electron chi connectivity index (χ1n) is 8.31. The second-order valence-corrected chi connectivity index (χ2v) is 6.42. The molecular weight excluding hydrogens is 362 g/mol. The third-order valence-corrected chi connectivity index (χ3v) is 4.44. The van der Waals surface area contributed by atoms with E-state index in [1.807, 2.05) is 55.5 Å². The van der Waals surface area contributed by atoms with Crippen LogP contribution in [0.3, 0.4) is 0 Å². The number of hydrogen-bond donors (Lipinski definition) is 1. The fraction of sp³-hybridized carbons (Fsp3) is 0.150. The number of thioether (sulfide) groups is 1. The van der Waals surface area contributed by atoms with Gasteiger partial charge in [0.15, 0.2) is 11.8 Å². The van der Waals surface area contributed by atoms with E-state index in [0.29, 0.717) is 22.4 Å². The fourth-order valence-corrected chi connectivity index (χ4v) is 3.20. The molecule has 0 aromatic heterocycles. The first kappa shape index (κ1) is 18.5. The summed E-state index contributed by atoms with van der Waals surface area (Å²) in [6.45, 7) is 2.48. The topological polar surface area (TPSA) is 83.7 Å². The molecule has 1 aliphatic rings. The minimum atomic E-state index is -0.222. The largest absolute Gasteiger partial charge is 0.494 e. The van der Waals surface area contributed by atoms with Crippen LogP contribution in [0.2, 0.25) is 0 Å². The molecule has 0 spiro atoms. The number of nitriles is 1. The van der Waals surface area contributed by atoms with E-state index >= 15 is 0 Å². The van der Waals surface area contributed by atoms with Crippen LogP contribution in [-0.4, -0.2) is 24.3 Å². The molecule has 1 heterocycles. The van der Waals surface area contributed by atoms with Gasteiger partial charge in [-0.25, -0.2) is 4.99 Å². The van der Waals surface area contributed by atoms with Crippen molar-refractivity contribution in [3.8, 4) is 17.6 Å². The molecule has 1 aliphatic heterocycles. The van der Waals surface area contributed by atoms with Gasteiger partial charge in [0, 0.05) is 5.56 Å². The van der Waals surface area contributed by atoms with Crippen molar-refractivity contribution >= 4 is 34.6 Å². The molecule has 27 heavy (non-hydrogen) atoms. The molecule has 0 atom stereocenters. The lowest BCUT2D eigenvalue weighted by molar-refractivity contribution is -0.115. The Morgan fingerprint density at radius 1 is 1.19 bits per heavy atom. The molecule has 1 saturated heterocycles. The SMILES string of the molecule is CCOc1ccc(N=C2NC(=O)/C(=C\c3ccccc3OCC#N)S2)cc1. The summed E-state index contributed by atoms with van der Waals surface area (Å²) in [5.41, 5.74) is 1.45. The van der Waals surface area contributed by atoms with Crippen molar-refractivity contribution in [2.45, 2.75) is 6.92 Å². The van der Waals surface area contributed by atoms with Gasteiger partial charge >= 0.3 is 0 Å². The number of hydrogen-bond acceptors (Lipinski definition) is 6. The van der Waals surface area contributed by atoms with E-state index in [4.69, 9.17) is 14.7 Å². The van der Waals surface area contributed by atoms with Gasteiger partial charge in [-0.2, -0.15) is 5.26 Å². The third-order valence-electron chi connectivity index (χ3n) is 3.53. The van der Waals surface area contributed by atoms with E-state index in [9.17, 15) is 4.79 Å². The number of rotatable bonds is 6. The number of para-hydroxylation sites is 1. The van der Waals surface area contributed by atoms with Gasteiger partial charge in [-0.15, -0.1) is 0 Å². The Labute approximate surface area is 161 Å². The molecule has 0 bridgehead atoms. The van der Waals surface area contributed by atoms with Crippen LogP contribution in [0.1, 0.15) is 12.5 Å². The zero-order valence-corrected chi connectivity index (χ0v) is 15.5. The highest BCUT2D eigenvalue weighted by Crippen LogP contribution is 2.30. The average molecular weight is 379 g/mol. The maximum atomic E-state index is 12.2. The molecular formula is C20H17N3O3S. The number of amides is 1. The van der Waals surface area contributed by atoms with E-state index < -0.39 is 0 Å². The summed E-state index contributed by atoms with van der Waals surface area (Å²) in [6.07, 6.45) is 1.73. The van der Waals surface area contributed by atoms with Gasteiger partial charge in [0.2, 0.25) is 0 Å². The number of nitrogens with zero attached hydrogens (tertiary/aromatic N) is 2. The van der Waals surface area contributed by atoms with Crippen molar-refractivity contribution < 1.29 is 14.3 Å². The Morgan fingerprint density at radius 3 is 2.70 bits per heavy atom. The summed E-state index contributed by atoms with van der Waals surface area (Å²) in [5, 5.41) is 11.9. The molecule has 2 aromatic carbocycles. The molecule has 3 rings (SSSR count). The first-order chi connectivity index (χ1) is 13.2. The lowest BCUT2D eigenvalue weighted by atomic mass is 10.2. The number of nitrogens with one attached hydrogen (secondary N) is 1. The predicted molar refractivity (Wildman–Crippen MR) is 106 cm³/mol. The molecule has 1 amide bonds. The van der Waals surface area contributed by atoms with Crippen LogP contribution in [-0.2, 0) is 4.79 Å². The average Bonchev–Trinajstić information content (AvgIpc) is 3.02. The van der Waals surface area contributed by atoms with Gasteiger partial charge in [-0.3, -0.25) is 4.79 Å². The van der Waals surface area contributed by atoms with E-state index in [2.05, 4.69) is 10.3 Å². The number of aliphatic imine (C=N–C) groups is 1. The van der Waals surface area contributed by atoms with Crippen molar-refractivity contribution in [2.75, 3.05) is 13.2 Å². The van der Waals surface area contributed by atoms with Gasteiger partial charge in [-0.05, 0) is 55.1 Å². The van der Waals surface area contributed by atoms with Gasteiger partial charge in [0.05, 0.1) is 17.2 Å². The van der Waals surface area contributed by atoms with Crippen LogP contribution in [0.25, 0.3) is 6.08 Å². The third kappa shape index (κ3) is 4.90. The van der Waals surface area contributed by atoms with Crippen molar-refractivity contribution in [1.82, 2.24) is 5.32 Å². The monoisotopic (exact) mass is 379 g/mol. The summed E-state index contributed by atoms with van der Waals surface area (Å²) >= 11 is 1.25. The Kier molecular flexibility index (Phi) is 6.13. The Balaban J connectivity index is 1.77. The lowest BCUT2D eigenvalue weighted by Crippen LogP contribution is -2.19. The second-order valence-electron chi connectivity index (χ2n) is 5.39. The Bertz CT molecular complexity index is 930. The summed E-state index contributed by atoms with van der Waals surface area (Å²) in [7, 11) is 0. The van der Waals surface area contributed by atoms with Gasteiger partial charge in [0.1, 0.15) is 17.6 Å². The zero-order valence-electron chi connectivity index (χ0n) is 14.6. The fourth-order valence-electron chi connectivity index (χ4n) is 2.36. The molecule has 6 nitrogen and oxygen atoms in total. The standard InChI is InChI=1S/C20H17N3O3S/c1-2-25-16-9-7-15(8-10-16)22-20-23-19(24)18(27-20)13-14-5-3-4-6-17(14)26-12-11-21/h3-10,13H,2,12H2,1H3,(H,22,23,24)/b18-13+. The molecule has 0 saturated carbocycles. The van der Waals surface area contributed by atoms with Crippen LogP contribution in [0, 0.1) is 11.3 Å². The number of benzene rings is 2. The minimum absolute atomic E-state index is 0.0516. The summed E-state index contributed by atoms with van der Waals surface area (Å²) in [5.74, 6) is 1.11. The number of ether oxygens (including phenoxy) is 2. The summed E-state index contributed by atoms with van der Waals surface area (Å²) in [4.78, 5) is 17.2. The lowest BCUT2D eigenvalue weighted by Gasteiger charge is -2.05. The highest BCUT2D eigenvalue weighted by atomic mass is 32.2. The van der Waals surface area contributed by atoms with Crippen molar-refractivity contribution in [1.29, 1.82) is 5.26 Å². The molecule has 136 valence electrons. The molecule has 2 aromatic rings. The summed E-state index contributed by atoms with van der Waals surface area (Å²) in [6, 6.07) is 16.5. The Morgan fingerprint density at radius 2 is 1.96 bits per heavy atom. The minimum Gasteiger partial charge on any atom is -0.494 e. The highest BCUT2D eigenvalue weighted by Gasteiger charge is 2.24. The number of amidine groups is 1. The van der Waals surface area contributed by atoms with Crippen LogP contribution >= 0.6 is 11.8 Å². The van der Waals surface area contributed by atoms with Gasteiger partial charge < -0.3 is 14.8 Å². The molecule has 0 radical (unpaired) electrons.